The van der Waals surface area contributed by atoms with Crippen LogP contribution in [0.2, 0.25) is 0 Å². The Balaban J connectivity index is 1.78. The predicted octanol–water partition coefficient (Wildman–Crippen LogP) is -0.102. The molecule has 2 aliphatic rings. The lowest BCUT2D eigenvalue weighted by Gasteiger charge is -2.13. The number of carbonyl (C=O) groups is 1. The van der Waals surface area contributed by atoms with Gasteiger partial charge in [0.05, 0.1) is 0 Å². The van der Waals surface area contributed by atoms with Gasteiger partial charge in [-0.1, -0.05) is 0 Å². The average molecular weight is 252 g/mol. The van der Waals surface area contributed by atoms with Gasteiger partial charge in [0.25, 0.3) is 0 Å². The molecule has 90 valence electrons. The molecule has 0 saturated carbocycles. The molecule has 1 atom stereocenters. The minimum Gasteiger partial charge on any atom is -0.341 e. The van der Waals surface area contributed by atoms with Crippen LogP contribution in [0.25, 0.3) is 0 Å². The zero-order valence-electron chi connectivity index (χ0n) is 9.25. The van der Waals surface area contributed by atoms with Crippen molar-refractivity contribution in [2.24, 2.45) is 20.0 Å². The molecule has 0 aromatic carbocycles. The standard InChI is InChI=1S/C9H12N6OS/c1-10-9(16)11-2-3-17-8-6-7(13-4-12-6)14-5-15-8/h4-6H,2-3H2,1H3,(H2,10,11,16). The summed E-state index contributed by atoms with van der Waals surface area (Å²) in [4.78, 5) is 27.3. The number of aliphatic imine (C=N–C) groups is 4. The van der Waals surface area contributed by atoms with Crippen LogP contribution in [0.5, 0.6) is 0 Å². The summed E-state index contributed by atoms with van der Waals surface area (Å²) < 4.78 is 0. The smallest absolute Gasteiger partial charge is 0.314 e. The highest BCUT2D eigenvalue weighted by molar-refractivity contribution is 8.14. The molecule has 7 nitrogen and oxygen atoms in total. The first-order valence-electron chi connectivity index (χ1n) is 5.09. The van der Waals surface area contributed by atoms with E-state index in [-0.39, 0.29) is 12.1 Å². The molecule has 0 aliphatic carbocycles. The Kier molecular flexibility index (Phi) is 3.86. The van der Waals surface area contributed by atoms with Crippen LogP contribution in [-0.2, 0) is 0 Å². The van der Waals surface area contributed by atoms with E-state index in [9.17, 15) is 4.79 Å². The first kappa shape index (κ1) is 11.8. The molecule has 2 rings (SSSR count). The number of rotatable bonds is 3. The highest BCUT2D eigenvalue weighted by Crippen LogP contribution is 2.17. The summed E-state index contributed by atoms with van der Waals surface area (Å²) in [6.07, 6.45) is 2.99. The van der Waals surface area contributed by atoms with Crippen molar-refractivity contribution in [1.82, 2.24) is 10.6 Å². The molecular weight excluding hydrogens is 240 g/mol. The van der Waals surface area contributed by atoms with Crippen LogP contribution in [0.4, 0.5) is 4.79 Å². The van der Waals surface area contributed by atoms with E-state index in [1.165, 1.54) is 12.7 Å². The number of hydrogen-bond acceptors (Lipinski definition) is 6. The second kappa shape index (κ2) is 5.58. The van der Waals surface area contributed by atoms with Crippen LogP contribution in [0.3, 0.4) is 0 Å². The zero-order chi connectivity index (χ0) is 12.1. The van der Waals surface area contributed by atoms with Gasteiger partial charge in [0.1, 0.15) is 17.7 Å². The summed E-state index contributed by atoms with van der Waals surface area (Å²) in [7, 11) is 1.58. The number of nitrogens with zero attached hydrogens (tertiary/aromatic N) is 4. The Labute approximate surface area is 103 Å². The normalized spacial score (nSPS) is 20.6. The Morgan fingerprint density at radius 2 is 2.35 bits per heavy atom. The first-order valence-corrected chi connectivity index (χ1v) is 6.08. The lowest BCUT2D eigenvalue weighted by Crippen LogP contribution is -2.34. The third kappa shape index (κ3) is 2.90. The van der Waals surface area contributed by atoms with Crippen LogP contribution in [0.15, 0.2) is 20.0 Å². The molecule has 1 unspecified atom stereocenters. The van der Waals surface area contributed by atoms with Crippen molar-refractivity contribution in [2.45, 2.75) is 6.04 Å². The van der Waals surface area contributed by atoms with Crippen LogP contribution in [0.1, 0.15) is 0 Å². The molecule has 0 bridgehead atoms. The van der Waals surface area contributed by atoms with Gasteiger partial charge in [-0.15, -0.1) is 11.8 Å². The number of nitrogens with one attached hydrogen (secondary N) is 2. The average Bonchev–Trinajstić information content (AvgIpc) is 2.83. The molecule has 2 heterocycles. The van der Waals surface area contributed by atoms with Crippen LogP contribution in [0, 0.1) is 0 Å². The molecular formula is C9H12N6OS. The number of urea groups is 1. The highest BCUT2D eigenvalue weighted by atomic mass is 32.2. The van der Waals surface area contributed by atoms with E-state index in [1.807, 2.05) is 0 Å². The number of amidine groups is 1. The summed E-state index contributed by atoms with van der Waals surface area (Å²) in [5.74, 6) is 1.42. The summed E-state index contributed by atoms with van der Waals surface area (Å²) in [5, 5.41) is 6.06. The van der Waals surface area contributed by atoms with Crippen LogP contribution < -0.4 is 10.6 Å². The Bertz CT molecular complexity index is 427. The maximum Gasteiger partial charge on any atom is 0.314 e. The van der Waals surface area contributed by atoms with Gasteiger partial charge >= 0.3 is 6.03 Å². The molecule has 0 saturated heterocycles. The van der Waals surface area contributed by atoms with Crippen molar-refractivity contribution in [3.05, 3.63) is 0 Å². The van der Waals surface area contributed by atoms with Crippen molar-refractivity contribution in [1.29, 1.82) is 0 Å². The van der Waals surface area contributed by atoms with Crippen LogP contribution >= 0.6 is 11.8 Å². The van der Waals surface area contributed by atoms with Crippen LogP contribution in [-0.4, -0.2) is 55.0 Å². The molecule has 2 amide bonds. The van der Waals surface area contributed by atoms with Gasteiger partial charge in [-0.2, -0.15) is 0 Å². The van der Waals surface area contributed by atoms with Crippen molar-refractivity contribution in [2.75, 3.05) is 19.3 Å². The largest absolute Gasteiger partial charge is 0.341 e. The second-order valence-corrected chi connectivity index (χ2v) is 4.34. The summed E-state index contributed by atoms with van der Waals surface area (Å²) in [6.45, 7) is 0.573. The van der Waals surface area contributed by atoms with Gasteiger partial charge in [-0.3, -0.25) is 4.99 Å². The molecule has 2 N–H and O–H groups in total. The topological polar surface area (TPSA) is 90.6 Å². The van der Waals surface area contributed by atoms with Gasteiger partial charge < -0.3 is 10.6 Å². The van der Waals surface area contributed by atoms with E-state index >= 15 is 0 Å². The molecule has 0 fully saturated rings. The maximum absolute atomic E-state index is 10.9. The Morgan fingerprint density at radius 3 is 3.18 bits per heavy atom. The molecule has 8 heteroatoms. The summed E-state index contributed by atoms with van der Waals surface area (Å²) in [6, 6.07) is -0.330. The number of thioether (sulfide) groups is 1. The Morgan fingerprint density at radius 1 is 1.47 bits per heavy atom. The van der Waals surface area contributed by atoms with Crippen molar-refractivity contribution in [3.8, 4) is 0 Å². The fraction of sp³-hybridized carbons (Fsp3) is 0.444. The zero-order valence-corrected chi connectivity index (χ0v) is 10.1. The molecule has 17 heavy (non-hydrogen) atoms. The van der Waals surface area contributed by atoms with Gasteiger partial charge in [0.2, 0.25) is 0 Å². The third-order valence-corrected chi connectivity index (χ3v) is 3.16. The lowest BCUT2D eigenvalue weighted by molar-refractivity contribution is 0.243. The minimum atomic E-state index is -0.182. The van der Waals surface area contributed by atoms with Crippen molar-refractivity contribution < 1.29 is 4.79 Å². The SMILES string of the molecule is CNC(=O)NCCSC1=NC=NC2=NC=NC21. The van der Waals surface area contributed by atoms with E-state index in [4.69, 9.17) is 0 Å². The monoisotopic (exact) mass is 252 g/mol. The highest BCUT2D eigenvalue weighted by Gasteiger charge is 2.26. The fourth-order valence-corrected chi connectivity index (χ4v) is 2.17. The van der Waals surface area contributed by atoms with E-state index in [0.29, 0.717) is 12.4 Å². The third-order valence-electron chi connectivity index (χ3n) is 2.12. The minimum absolute atomic E-state index is 0.148. The number of amides is 2. The van der Waals surface area contributed by atoms with Crippen molar-refractivity contribution >= 4 is 41.3 Å². The Hall–Kier alpha value is -1.70. The predicted molar refractivity (Wildman–Crippen MR) is 70.6 cm³/mol. The van der Waals surface area contributed by atoms with Crippen molar-refractivity contribution in [3.63, 3.8) is 0 Å². The molecule has 2 aliphatic heterocycles. The van der Waals surface area contributed by atoms with Gasteiger partial charge in [-0.25, -0.2) is 19.8 Å². The molecule has 0 aromatic rings. The lowest BCUT2D eigenvalue weighted by atomic mass is 10.3. The number of fused-ring (bicyclic) bond motifs is 1. The quantitative estimate of drug-likeness (QED) is 0.687. The van der Waals surface area contributed by atoms with Gasteiger partial charge in [-0.05, 0) is 0 Å². The number of carbonyl (C=O) groups excluding carboxylic acids is 1. The summed E-state index contributed by atoms with van der Waals surface area (Å²) >= 11 is 1.55. The first-order chi connectivity index (χ1) is 8.31. The van der Waals surface area contributed by atoms with E-state index in [2.05, 4.69) is 30.6 Å². The van der Waals surface area contributed by atoms with E-state index in [0.717, 1.165) is 10.8 Å². The van der Waals surface area contributed by atoms with E-state index in [1.54, 1.807) is 18.8 Å². The fourth-order valence-electron chi connectivity index (χ4n) is 1.31. The number of hydrogen-bond donors (Lipinski definition) is 2. The molecule has 0 spiro atoms. The summed E-state index contributed by atoms with van der Waals surface area (Å²) in [5.41, 5.74) is 0. The van der Waals surface area contributed by atoms with E-state index < -0.39 is 0 Å². The molecule has 0 radical (unpaired) electrons. The maximum atomic E-state index is 10.9. The van der Waals surface area contributed by atoms with Gasteiger partial charge in [0, 0.05) is 19.3 Å². The van der Waals surface area contributed by atoms with Gasteiger partial charge in [0.15, 0.2) is 11.9 Å². The molecule has 0 aromatic heterocycles. The second-order valence-electron chi connectivity index (χ2n) is 3.22.